The number of benzene rings is 2. The van der Waals surface area contributed by atoms with Crippen molar-refractivity contribution >= 4 is 5.84 Å². The second-order valence-corrected chi connectivity index (χ2v) is 3.60. The molecule has 0 radical (unpaired) electrons. The van der Waals surface area contributed by atoms with Crippen molar-refractivity contribution in [2.24, 2.45) is 5.73 Å². The Morgan fingerprint density at radius 2 is 1.76 bits per heavy atom. The Morgan fingerprint density at radius 3 is 2.35 bits per heavy atom. The zero-order chi connectivity index (χ0) is 12.4. The van der Waals surface area contributed by atoms with Crippen molar-refractivity contribution in [3.05, 3.63) is 53.8 Å². The summed E-state index contributed by atoms with van der Waals surface area (Å²) in [5.41, 5.74) is 6.18. The Hall–Kier alpha value is -2.36. The molecular formula is C13H11FN2O. The molecule has 0 atom stereocenters. The van der Waals surface area contributed by atoms with Gasteiger partial charge in [0.1, 0.15) is 5.84 Å². The van der Waals surface area contributed by atoms with Gasteiger partial charge in [0, 0.05) is 5.56 Å². The molecule has 3 nitrogen and oxygen atoms in total. The van der Waals surface area contributed by atoms with Gasteiger partial charge in [-0.25, -0.2) is 4.39 Å². The first-order valence-electron chi connectivity index (χ1n) is 5.02. The highest BCUT2D eigenvalue weighted by Gasteiger charge is 2.14. The number of hydrogen-bond acceptors (Lipinski definition) is 2. The smallest absolute Gasteiger partial charge is 0.173 e. The summed E-state index contributed by atoms with van der Waals surface area (Å²) in [5, 5.41) is 16.8. The van der Waals surface area contributed by atoms with Crippen LogP contribution in [0.15, 0.2) is 42.5 Å². The van der Waals surface area contributed by atoms with E-state index < -0.39 is 11.6 Å². The zero-order valence-electron chi connectivity index (χ0n) is 8.94. The standard InChI is InChI=1S/C13H11FN2O/c14-11-9(8-4-2-1-3-5-8)6-7-10(12(11)17)13(15)16/h1-7,17H,(H3,15,16). The highest BCUT2D eigenvalue weighted by molar-refractivity contribution is 5.98. The highest BCUT2D eigenvalue weighted by atomic mass is 19.1. The van der Waals surface area contributed by atoms with E-state index in [1.54, 1.807) is 24.3 Å². The van der Waals surface area contributed by atoms with Crippen LogP contribution >= 0.6 is 0 Å². The van der Waals surface area contributed by atoms with Gasteiger partial charge in [-0.05, 0) is 11.6 Å². The fourth-order valence-electron chi connectivity index (χ4n) is 1.62. The van der Waals surface area contributed by atoms with Gasteiger partial charge >= 0.3 is 0 Å². The third-order valence-electron chi connectivity index (χ3n) is 2.49. The van der Waals surface area contributed by atoms with Gasteiger partial charge in [-0.3, -0.25) is 5.41 Å². The summed E-state index contributed by atoms with van der Waals surface area (Å²) in [6.07, 6.45) is 0. The first-order chi connectivity index (χ1) is 8.11. The summed E-state index contributed by atoms with van der Waals surface area (Å²) in [5.74, 6) is -1.70. The molecule has 0 bridgehead atoms. The maximum atomic E-state index is 13.9. The molecule has 0 aliphatic rings. The molecule has 0 spiro atoms. The molecule has 0 aliphatic heterocycles. The molecule has 0 heterocycles. The number of phenols is 1. The monoisotopic (exact) mass is 230 g/mol. The van der Waals surface area contributed by atoms with E-state index in [4.69, 9.17) is 11.1 Å². The van der Waals surface area contributed by atoms with E-state index in [1.165, 1.54) is 12.1 Å². The number of amidine groups is 1. The Labute approximate surface area is 97.8 Å². The number of halogens is 1. The molecule has 0 fully saturated rings. The van der Waals surface area contributed by atoms with Crippen LogP contribution in [0.2, 0.25) is 0 Å². The van der Waals surface area contributed by atoms with Gasteiger partial charge in [-0.15, -0.1) is 0 Å². The van der Waals surface area contributed by atoms with Crippen molar-refractivity contribution in [2.45, 2.75) is 0 Å². The number of phenolic OH excluding ortho intramolecular Hbond substituents is 1. The van der Waals surface area contributed by atoms with Gasteiger partial charge in [0.25, 0.3) is 0 Å². The van der Waals surface area contributed by atoms with Crippen molar-refractivity contribution < 1.29 is 9.50 Å². The fraction of sp³-hybridized carbons (Fsp3) is 0. The van der Waals surface area contributed by atoms with Crippen molar-refractivity contribution in [3.63, 3.8) is 0 Å². The van der Waals surface area contributed by atoms with Crippen molar-refractivity contribution in [1.29, 1.82) is 5.41 Å². The summed E-state index contributed by atoms with van der Waals surface area (Å²) in [6.45, 7) is 0. The minimum Gasteiger partial charge on any atom is -0.504 e. The summed E-state index contributed by atoms with van der Waals surface area (Å²) in [4.78, 5) is 0. The molecule has 17 heavy (non-hydrogen) atoms. The van der Waals surface area contributed by atoms with E-state index >= 15 is 0 Å². The molecule has 0 unspecified atom stereocenters. The van der Waals surface area contributed by atoms with E-state index in [1.807, 2.05) is 6.07 Å². The molecule has 4 N–H and O–H groups in total. The summed E-state index contributed by atoms with van der Waals surface area (Å²) >= 11 is 0. The quantitative estimate of drug-likeness (QED) is 0.548. The predicted octanol–water partition coefficient (Wildman–Crippen LogP) is 2.48. The average Bonchev–Trinajstić information content (AvgIpc) is 2.33. The molecule has 86 valence electrons. The summed E-state index contributed by atoms with van der Waals surface area (Å²) in [6, 6.07) is 11.8. The van der Waals surface area contributed by atoms with E-state index in [9.17, 15) is 9.50 Å². The third-order valence-corrected chi connectivity index (χ3v) is 2.49. The lowest BCUT2D eigenvalue weighted by molar-refractivity contribution is 0.432. The highest BCUT2D eigenvalue weighted by Crippen LogP contribution is 2.30. The van der Waals surface area contributed by atoms with Crippen LogP contribution in [0, 0.1) is 11.2 Å². The van der Waals surface area contributed by atoms with Crippen LogP contribution in [-0.2, 0) is 0 Å². The SMILES string of the molecule is N=C(N)c1ccc(-c2ccccc2)c(F)c1O. The van der Waals surface area contributed by atoms with E-state index in [2.05, 4.69) is 0 Å². The van der Waals surface area contributed by atoms with Crippen LogP contribution in [0.1, 0.15) is 5.56 Å². The maximum absolute atomic E-state index is 13.9. The maximum Gasteiger partial charge on any atom is 0.173 e. The number of hydrogen-bond donors (Lipinski definition) is 3. The fourth-order valence-corrected chi connectivity index (χ4v) is 1.62. The Morgan fingerprint density at radius 1 is 1.12 bits per heavy atom. The molecule has 2 aromatic rings. The number of nitrogens with two attached hydrogens (primary N) is 1. The van der Waals surface area contributed by atoms with E-state index in [0.29, 0.717) is 5.56 Å². The van der Waals surface area contributed by atoms with Crippen molar-refractivity contribution in [1.82, 2.24) is 0 Å². The molecule has 2 aromatic carbocycles. The van der Waals surface area contributed by atoms with Crippen LogP contribution in [-0.4, -0.2) is 10.9 Å². The second-order valence-electron chi connectivity index (χ2n) is 3.60. The first-order valence-corrected chi connectivity index (χ1v) is 5.02. The molecule has 4 heteroatoms. The molecular weight excluding hydrogens is 219 g/mol. The van der Waals surface area contributed by atoms with Gasteiger partial charge in [-0.1, -0.05) is 36.4 Å². The van der Waals surface area contributed by atoms with E-state index in [-0.39, 0.29) is 17.0 Å². The van der Waals surface area contributed by atoms with Crippen LogP contribution in [0.4, 0.5) is 4.39 Å². The normalized spacial score (nSPS) is 10.2. The molecule has 0 aliphatic carbocycles. The van der Waals surface area contributed by atoms with Gasteiger partial charge in [0.15, 0.2) is 11.6 Å². The first kappa shape index (κ1) is 11.1. The number of aromatic hydroxyl groups is 1. The minimum atomic E-state index is -0.760. The lowest BCUT2D eigenvalue weighted by Crippen LogP contribution is -2.11. The number of nitrogen functional groups attached to an aromatic ring is 1. The predicted molar refractivity (Wildman–Crippen MR) is 64.5 cm³/mol. The van der Waals surface area contributed by atoms with Gasteiger partial charge in [0.05, 0.1) is 5.56 Å². The number of nitrogens with one attached hydrogen (secondary N) is 1. The van der Waals surface area contributed by atoms with Gasteiger partial charge in [-0.2, -0.15) is 0 Å². The van der Waals surface area contributed by atoms with Crippen LogP contribution < -0.4 is 5.73 Å². The molecule has 0 amide bonds. The number of rotatable bonds is 2. The van der Waals surface area contributed by atoms with Crippen molar-refractivity contribution in [3.8, 4) is 16.9 Å². The Bertz CT molecular complexity index is 567. The average molecular weight is 230 g/mol. The van der Waals surface area contributed by atoms with Crippen LogP contribution in [0.25, 0.3) is 11.1 Å². The van der Waals surface area contributed by atoms with Gasteiger partial charge in [0.2, 0.25) is 0 Å². The zero-order valence-corrected chi connectivity index (χ0v) is 8.94. The Kier molecular flexibility index (Phi) is 2.78. The second kappa shape index (κ2) is 4.25. The molecule has 0 aromatic heterocycles. The topological polar surface area (TPSA) is 70.1 Å². The largest absolute Gasteiger partial charge is 0.504 e. The summed E-state index contributed by atoms with van der Waals surface area (Å²) in [7, 11) is 0. The van der Waals surface area contributed by atoms with Crippen LogP contribution in [0.5, 0.6) is 5.75 Å². The third kappa shape index (κ3) is 1.97. The molecule has 0 saturated heterocycles. The van der Waals surface area contributed by atoms with E-state index in [0.717, 1.165) is 0 Å². The minimum absolute atomic E-state index is 0.00202. The lowest BCUT2D eigenvalue weighted by Gasteiger charge is -2.08. The Balaban J connectivity index is 2.60. The van der Waals surface area contributed by atoms with Gasteiger partial charge < -0.3 is 10.8 Å². The molecule has 0 saturated carbocycles. The summed E-state index contributed by atoms with van der Waals surface area (Å²) < 4.78 is 13.9. The van der Waals surface area contributed by atoms with Crippen molar-refractivity contribution in [2.75, 3.05) is 0 Å². The lowest BCUT2D eigenvalue weighted by atomic mass is 10.0. The van der Waals surface area contributed by atoms with Crippen LogP contribution in [0.3, 0.4) is 0 Å². The molecule has 2 rings (SSSR count).